The van der Waals surface area contributed by atoms with Gasteiger partial charge in [-0.1, -0.05) is 0 Å². The zero-order valence-electron chi connectivity index (χ0n) is 11.8. The number of pyridine rings is 1. The van der Waals surface area contributed by atoms with E-state index in [-0.39, 0.29) is 5.91 Å². The van der Waals surface area contributed by atoms with E-state index in [0.717, 1.165) is 23.9 Å². The molecule has 6 heteroatoms. The Morgan fingerprint density at radius 1 is 1.33 bits per heavy atom. The lowest BCUT2D eigenvalue weighted by Crippen LogP contribution is -2.48. The van der Waals surface area contributed by atoms with Gasteiger partial charge in [0.1, 0.15) is 6.04 Å². The van der Waals surface area contributed by atoms with Crippen LogP contribution in [-0.2, 0) is 4.79 Å². The molecule has 2 aromatic rings. The highest BCUT2D eigenvalue weighted by Crippen LogP contribution is 2.20. The number of hydrogen-bond donors (Lipinski definition) is 1. The van der Waals surface area contributed by atoms with Gasteiger partial charge in [-0.15, -0.1) is 0 Å². The van der Waals surface area contributed by atoms with Crippen LogP contribution in [0.5, 0.6) is 0 Å². The van der Waals surface area contributed by atoms with Gasteiger partial charge < -0.3 is 10.0 Å². The van der Waals surface area contributed by atoms with E-state index in [2.05, 4.69) is 5.10 Å². The molecule has 21 heavy (non-hydrogen) atoms. The van der Waals surface area contributed by atoms with Gasteiger partial charge in [0, 0.05) is 12.7 Å². The maximum absolute atomic E-state index is 12.6. The Hall–Kier alpha value is -2.37. The molecule has 6 nitrogen and oxygen atoms in total. The molecule has 0 saturated carbocycles. The SMILES string of the molecule is Cc1ccn2nc(C(=O)N3CCCC[C@@H]3C(=O)O)cc2c1. The van der Waals surface area contributed by atoms with Crippen molar-refractivity contribution in [1.82, 2.24) is 14.5 Å². The number of amides is 1. The van der Waals surface area contributed by atoms with E-state index >= 15 is 0 Å². The molecule has 1 amide bonds. The van der Waals surface area contributed by atoms with Crippen molar-refractivity contribution in [1.29, 1.82) is 0 Å². The Bertz CT molecular complexity index is 707. The van der Waals surface area contributed by atoms with Gasteiger partial charge in [0.05, 0.1) is 5.52 Å². The second kappa shape index (κ2) is 5.20. The minimum absolute atomic E-state index is 0.300. The largest absolute Gasteiger partial charge is 0.480 e. The molecule has 0 aliphatic carbocycles. The number of carbonyl (C=O) groups is 2. The van der Waals surface area contributed by atoms with E-state index < -0.39 is 12.0 Å². The summed E-state index contributed by atoms with van der Waals surface area (Å²) in [4.78, 5) is 25.3. The smallest absolute Gasteiger partial charge is 0.326 e. The van der Waals surface area contributed by atoms with Crippen molar-refractivity contribution >= 4 is 17.4 Å². The summed E-state index contributed by atoms with van der Waals surface area (Å²) in [7, 11) is 0. The number of carboxylic acid groups (broad SMARTS) is 1. The maximum Gasteiger partial charge on any atom is 0.326 e. The van der Waals surface area contributed by atoms with Crippen molar-refractivity contribution in [3.8, 4) is 0 Å². The lowest BCUT2D eigenvalue weighted by atomic mass is 10.0. The summed E-state index contributed by atoms with van der Waals surface area (Å²) in [5.74, 6) is -1.24. The first kappa shape index (κ1) is 13.6. The molecule has 1 aliphatic rings. The Balaban J connectivity index is 1.93. The molecule has 0 aromatic carbocycles. The van der Waals surface area contributed by atoms with E-state index in [1.165, 1.54) is 4.90 Å². The van der Waals surface area contributed by atoms with Gasteiger partial charge in [0.25, 0.3) is 5.91 Å². The number of likely N-dealkylation sites (tertiary alicyclic amines) is 1. The van der Waals surface area contributed by atoms with E-state index in [1.807, 2.05) is 19.1 Å². The molecule has 3 heterocycles. The molecule has 0 radical (unpaired) electrons. The van der Waals surface area contributed by atoms with Crippen LogP contribution in [0, 0.1) is 6.92 Å². The van der Waals surface area contributed by atoms with E-state index in [1.54, 1.807) is 16.8 Å². The van der Waals surface area contributed by atoms with Crippen molar-refractivity contribution in [2.75, 3.05) is 6.54 Å². The number of hydrogen-bond acceptors (Lipinski definition) is 3. The number of aryl methyl sites for hydroxylation is 1. The van der Waals surface area contributed by atoms with Crippen LogP contribution in [0.1, 0.15) is 35.3 Å². The molecule has 1 saturated heterocycles. The number of fused-ring (bicyclic) bond motifs is 1. The van der Waals surface area contributed by atoms with Gasteiger partial charge in [0.2, 0.25) is 0 Å². The van der Waals surface area contributed by atoms with Crippen molar-refractivity contribution in [3.05, 3.63) is 35.7 Å². The number of carbonyl (C=O) groups excluding carboxylic acids is 1. The van der Waals surface area contributed by atoms with Crippen LogP contribution in [0.3, 0.4) is 0 Å². The van der Waals surface area contributed by atoms with Crippen LogP contribution >= 0.6 is 0 Å². The van der Waals surface area contributed by atoms with Gasteiger partial charge in [-0.3, -0.25) is 4.79 Å². The van der Waals surface area contributed by atoms with E-state index in [9.17, 15) is 14.7 Å². The van der Waals surface area contributed by atoms with Gasteiger partial charge in [0.15, 0.2) is 5.69 Å². The second-order valence-corrected chi connectivity index (χ2v) is 5.45. The summed E-state index contributed by atoms with van der Waals surface area (Å²) in [6.07, 6.45) is 3.98. The topological polar surface area (TPSA) is 74.9 Å². The van der Waals surface area contributed by atoms with Gasteiger partial charge >= 0.3 is 5.97 Å². The molecule has 0 bridgehead atoms. The highest BCUT2D eigenvalue weighted by atomic mass is 16.4. The van der Waals surface area contributed by atoms with E-state index in [0.29, 0.717) is 18.7 Å². The van der Waals surface area contributed by atoms with Crippen LogP contribution in [0.2, 0.25) is 0 Å². The molecule has 0 unspecified atom stereocenters. The minimum atomic E-state index is -0.942. The molecular weight excluding hydrogens is 270 g/mol. The average Bonchev–Trinajstić information content (AvgIpc) is 2.89. The molecule has 1 aliphatic heterocycles. The van der Waals surface area contributed by atoms with Crippen LogP contribution < -0.4 is 0 Å². The predicted molar refractivity (Wildman–Crippen MR) is 76.2 cm³/mol. The molecule has 1 atom stereocenters. The molecule has 110 valence electrons. The Kier molecular flexibility index (Phi) is 3.37. The monoisotopic (exact) mass is 287 g/mol. The Morgan fingerprint density at radius 2 is 2.14 bits per heavy atom. The highest BCUT2D eigenvalue weighted by molar-refractivity contribution is 5.96. The summed E-state index contributed by atoms with van der Waals surface area (Å²) >= 11 is 0. The molecular formula is C15H17N3O3. The maximum atomic E-state index is 12.6. The predicted octanol–water partition coefficient (Wildman–Crippen LogP) is 1.72. The fraction of sp³-hybridized carbons (Fsp3) is 0.400. The average molecular weight is 287 g/mol. The first-order chi connectivity index (χ1) is 10.1. The Morgan fingerprint density at radius 3 is 2.90 bits per heavy atom. The summed E-state index contributed by atoms with van der Waals surface area (Å²) in [6, 6.07) is 4.82. The third-order valence-corrected chi connectivity index (χ3v) is 3.89. The molecule has 1 N–H and O–H groups in total. The number of nitrogens with zero attached hydrogens (tertiary/aromatic N) is 3. The van der Waals surface area contributed by atoms with Crippen LogP contribution in [0.4, 0.5) is 0 Å². The summed E-state index contributed by atoms with van der Waals surface area (Å²) in [5.41, 5.74) is 2.22. The molecule has 1 fully saturated rings. The fourth-order valence-corrected chi connectivity index (χ4v) is 2.79. The van der Waals surface area contributed by atoms with Crippen LogP contribution in [-0.4, -0.2) is 44.1 Å². The third-order valence-electron chi connectivity index (χ3n) is 3.89. The van der Waals surface area contributed by atoms with Crippen molar-refractivity contribution in [2.45, 2.75) is 32.2 Å². The first-order valence-corrected chi connectivity index (χ1v) is 7.06. The molecule has 3 rings (SSSR count). The molecule has 2 aromatic heterocycles. The normalized spacial score (nSPS) is 18.9. The van der Waals surface area contributed by atoms with E-state index in [4.69, 9.17) is 0 Å². The van der Waals surface area contributed by atoms with Gasteiger partial charge in [-0.05, 0) is 49.9 Å². The zero-order valence-corrected chi connectivity index (χ0v) is 11.8. The lowest BCUT2D eigenvalue weighted by Gasteiger charge is -2.32. The molecule has 0 spiro atoms. The van der Waals surface area contributed by atoms with Crippen LogP contribution in [0.15, 0.2) is 24.4 Å². The first-order valence-electron chi connectivity index (χ1n) is 7.06. The van der Waals surface area contributed by atoms with Crippen molar-refractivity contribution < 1.29 is 14.7 Å². The summed E-state index contributed by atoms with van der Waals surface area (Å²) < 4.78 is 1.64. The number of rotatable bonds is 2. The second-order valence-electron chi connectivity index (χ2n) is 5.45. The minimum Gasteiger partial charge on any atom is -0.480 e. The van der Waals surface area contributed by atoms with Crippen LogP contribution in [0.25, 0.3) is 5.52 Å². The number of piperidine rings is 1. The lowest BCUT2D eigenvalue weighted by molar-refractivity contribution is -0.143. The number of aliphatic carboxylic acids is 1. The summed E-state index contributed by atoms with van der Waals surface area (Å²) in [5, 5.41) is 13.5. The standard InChI is InChI=1S/C15H17N3O3/c1-10-5-7-18-11(8-10)9-12(16-18)14(19)17-6-3-2-4-13(17)15(20)21/h5,7-9,13H,2-4,6H2,1H3,(H,20,21)/t13-/m1/s1. The highest BCUT2D eigenvalue weighted by Gasteiger charge is 2.33. The zero-order chi connectivity index (χ0) is 15.0. The van der Waals surface area contributed by atoms with Gasteiger partial charge in [-0.25, -0.2) is 9.31 Å². The van der Waals surface area contributed by atoms with Crippen molar-refractivity contribution in [2.24, 2.45) is 0 Å². The van der Waals surface area contributed by atoms with Gasteiger partial charge in [-0.2, -0.15) is 5.10 Å². The quantitative estimate of drug-likeness (QED) is 0.912. The fourth-order valence-electron chi connectivity index (χ4n) is 2.79. The Labute approximate surface area is 122 Å². The number of aromatic nitrogens is 2. The summed E-state index contributed by atoms with van der Waals surface area (Å²) in [6.45, 7) is 2.45. The van der Waals surface area contributed by atoms with Crippen molar-refractivity contribution in [3.63, 3.8) is 0 Å². The number of carboxylic acids is 1. The third kappa shape index (κ3) is 2.49.